The number of amides is 1. The third kappa shape index (κ3) is 6.26. The summed E-state index contributed by atoms with van der Waals surface area (Å²) >= 11 is 0. The van der Waals surface area contributed by atoms with Crippen LogP contribution in [0.2, 0.25) is 0 Å². The maximum absolute atomic E-state index is 11.7. The van der Waals surface area contributed by atoms with Crippen molar-refractivity contribution in [1.29, 1.82) is 0 Å². The first-order valence-electron chi connectivity index (χ1n) is 6.17. The lowest BCUT2D eigenvalue weighted by Gasteiger charge is -2.16. The first-order valence-corrected chi connectivity index (χ1v) is 6.17. The zero-order chi connectivity index (χ0) is 12.7. The minimum Gasteiger partial charge on any atom is -0.469 e. The molecular weight excluding hydrogens is 220 g/mol. The zero-order valence-corrected chi connectivity index (χ0v) is 10.7. The molecule has 17 heavy (non-hydrogen) atoms. The Hall–Kier alpha value is -1.10. The Morgan fingerprint density at radius 1 is 1.35 bits per heavy atom. The molecule has 1 rings (SSSR count). The van der Waals surface area contributed by atoms with Gasteiger partial charge in [-0.1, -0.05) is 0 Å². The highest BCUT2D eigenvalue weighted by molar-refractivity contribution is 5.76. The van der Waals surface area contributed by atoms with E-state index in [0.29, 0.717) is 31.8 Å². The van der Waals surface area contributed by atoms with Gasteiger partial charge in [0.05, 0.1) is 7.11 Å². The molecule has 0 aliphatic heterocycles. The Morgan fingerprint density at radius 3 is 2.65 bits per heavy atom. The van der Waals surface area contributed by atoms with Crippen LogP contribution in [0.25, 0.3) is 0 Å². The molecular formula is C12H22N2O3. The van der Waals surface area contributed by atoms with Crippen LogP contribution in [-0.2, 0) is 14.3 Å². The van der Waals surface area contributed by atoms with Gasteiger partial charge in [-0.05, 0) is 19.3 Å². The van der Waals surface area contributed by atoms with Crippen LogP contribution in [0, 0.1) is 0 Å². The van der Waals surface area contributed by atoms with E-state index >= 15 is 0 Å². The molecule has 0 unspecified atom stereocenters. The van der Waals surface area contributed by atoms with Crippen molar-refractivity contribution in [2.75, 3.05) is 27.2 Å². The van der Waals surface area contributed by atoms with Gasteiger partial charge in [-0.25, -0.2) is 0 Å². The van der Waals surface area contributed by atoms with Crippen LogP contribution < -0.4 is 5.32 Å². The van der Waals surface area contributed by atoms with Gasteiger partial charge in [0.15, 0.2) is 0 Å². The number of esters is 1. The summed E-state index contributed by atoms with van der Waals surface area (Å²) in [7, 11) is 3.15. The first-order chi connectivity index (χ1) is 8.13. The molecule has 1 aliphatic rings. The third-order valence-electron chi connectivity index (χ3n) is 2.88. The summed E-state index contributed by atoms with van der Waals surface area (Å²) in [4.78, 5) is 24.2. The van der Waals surface area contributed by atoms with Crippen molar-refractivity contribution >= 4 is 11.9 Å². The molecule has 0 saturated heterocycles. The van der Waals surface area contributed by atoms with Crippen LogP contribution in [0.15, 0.2) is 0 Å². The molecule has 1 amide bonds. The van der Waals surface area contributed by atoms with Crippen molar-refractivity contribution in [1.82, 2.24) is 10.2 Å². The lowest BCUT2D eigenvalue weighted by atomic mass is 10.3. The van der Waals surface area contributed by atoms with Gasteiger partial charge >= 0.3 is 5.97 Å². The summed E-state index contributed by atoms with van der Waals surface area (Å²) < 4.78 is 4.54. The van der Waals surface area contributed by atoms with Crippen LogP contribution >= 0.6 is 0 Å². The molecule has 0 spiro atoms. The van der Waals surface area contributed by atoms with Crippen LogP contribution in [0.4, 0.5) is 0 Å². The summed E-state index contributed by atoms with van der Waals surface area (Å²) in [5.74, 6) is -0.0933. The lowest BCUT2D eigenvalue weighted by Crippen LogP contribution is -2.31. The number of hydrogen-bond donors (Lipinski definition) is 1. The van der Waals surface area contributed by atoms with E-state index in [9.17, 15) is 9.59 Å². The highest BCUT2D eigenvalue weighted by Crippen LogP contribution is 2.18. The van der Waals surface area contributed by atoms with Crippen molar-refractivity contribution in [3.8, 4) is 0 Å². The average Bonchev–Trinajstić information content (AvgIpc) is 3.12. The number of ether oxygens (including phenoxy) is 1. The predicted molar refractivity (Wildman–Crippen MR) is 64.5 cm³/mol. The molecule has 0 atom stereocenters. The number of nitrogens with one attached hydrogen (secondary N) is 1. The molecule has 5 nitrogen and oxygen atoms in total. The van der Waals surface area contributed by atoms with Crippen LogP contribution in [0.1, 0.15) is 32.1 Å². The van der Waals surface area contributed by atoms with Crippen LogP contribution in [-0.4, -0.2) is 50.1 Å². The summed E-state index contributed by atoms with van der Waals surface area (Å²) in [6.07, 6.45) is 4.04. The SMILES string of the molecule is COC(=O)CCCN(C)C(=O)CCNC1CC1. The van der Waals surface area contributed by atoms with E-state index in [0.717, 1.165) is 6.54 Å². The Morgan fingerprint density at radius 2 is 2.06 bits per heavy atom. The molecule has 0 aromatic rings. The molecule has 1 fully saturated rings. The molecule has 5 heteroatoms. The van der Waals surface area contributed by atoms with Crippen molar-refractivity contribution in [3.05, 3.63) is 0 Å². The lowest BCUT2D eigenvalue weighted by molar-refractivity contribution is -0.141. The largest absolute Gasteiger partial charge is 0.469 e. The van der Waals surface area contributed by atoms with E-state index in [1.54, 1.807) is 11.9 Å². The highest BCUT2D eigenvalue weighted by atomic mass is 16.5. The number of methoxy groups -OCH3 is 1. The maximum atomic E-state index is 11.7. The van der Waals surface area contributed by atoms with E-state index in [2.05, 4.69) is 10.1 Å². The fourth-order valence-corrected chi connectivity index (χ4v) is 1.55. The van der Waals surface area contributed by atoms with Gasteiger partial charge in [0.2, 0.25) is 5.91 Å². The normalized spacial score (nSPS) is 14.5. The summed E-state index contributed by atoms with van der Waals surface area (Å²) in [6, 6.07) is 0.646. The minimum atomic E-state index is -0.221. The number of rotatable bonds is 8. The van der Waals surface area contributed by atoms with E-state index < -0.39 is 0 Å². The second-order valence-electron chi connectivity index (χ2n) is 4.47. The molecule has 1 saturated carbocycles. The van der Waals surface area contributed by atoms with Crippen molar-refractivity contribution in [3.63, 3.8) is 0 Å². The Balaban J connectivity index is 2.02. The zero-order valence-electron chi connectivity index (χ0n) is 10.7. The second-order valence-corrected chi connectivity index (χ2v) is 4.47. The average molecular weight is 242 g/mol. The molecule has 98 valence electrons. The van der Waals surface area contributed by atoms with E-state index in [-0.39, 0.29) is 11.9 Å². The maximum Gasteiger partial charge on any atom is 0.305 e. The Kier molecular flexibility index (Phi) is 5.97. The first kappa shape index (κ1) is 14.0. The molecule has 0 aromatic carbocycles. The predicted octanol–water partition coefficient (Wildman–Crippen LogP) is 0.540. The molecule has 1 N–H and O–H groups in total. The Bertz CT molecular complexity index is 264. The van der Waals surface area contributed by atoms with Gasteiger partial charge in [0.25, 0.3) is 0 Å². The molecule has 0 aromatic heterocycles. The third-order valence-corrected chi connectivity index (χ3v) is 2.88. The fourth-order valence-electron chi connectivity index (χ4n) is 1.55. The standard InChI is InChI=1S/C12H22N2O3/c1-14(9-3-4-12(16)17-2)11(15)7-8-13-10-5-6-10/h10,13H,3-9H2,1-2H3. The van der Waals surface area contributed by atoms with Gasteiger partial charge in [0, 0.05) is 39.0 Å². The second kappa shape index (κ2) is 7.27. The van der Waals surface area contributed by atoms with Crippen molar-refractivity contribution < 1.29 is 14.3 Å². The summed E-state index contributed by atoms with van der Waals surface area (Å²) in [6.45, 7) is 1.36. The smallest absolute Gasteiger partial charge is 0.305 e. The molecule has 0 heterocycles. The van der Waals surface area contributed by atoms with Gasteiger partial charge in [-0.2, -0.15) is 0 Å². The number of nitrogens with zero attached hydrogens (tertiary/aromatic N) is 1. The summed E-state index contributed by atoms with van der Waals surface area (Å²) in [5.41, 5.74) is 0. The van der Waals surface area contributed by atoms with E-state index in [4.69, 9.17) is 0 Å². The van der Waals surface area contributed by atoms with E-state index in [1.807, 2.05) is 0 Å². The monoisotopic (exact) mass is 242 g/mol. The van der Waals surface area contributed by atoms with Crippen molar-refractivity contribution in [2.24, 2.45) is 0 Å². The van der Waals surface area contributed by atoms with Gasteiger partial charge in [-0.15, -0.1) is 0 Å². The quantitative estimate of drug-likeness (QED) is 0.631. The fraction of sp³-hybridized carbons (Fsp3) is 0.833. The molecule has 0 radical (unpaired) electrons. The van der Waals surface area contributed by atoms with Crippen LogP contribution in [0.5, 0.6) is 0 Å². The highest BCUT2D eigenvalue weighted by Gasteiger charge is 2.20. The number of carbonyl (C=O) groups excluding carboxylic acids is 2. The topological polar surface area (TPSA) is 58.6 Å². The minimum absolute atomic E-state index is 0.128. The van der Waals surface area contributed by atoms with Gasteiger partial charge in [0.1, 0.15) is 0 Å². The van der Waals surface area contributed by atoms with Crippen molar-refractivity contribution in [2.45, 2.75) is 38.1 Å². The number of carbonyl (C=O) groups is 2. The van der Waals surface area contributed by atoms with Crippen LogP contribution in [0.3, 0.4) is 0 Å². The summed E-state index contributed by atoms with van der Waals surface area (Å²) in [5, 5.41) is 3.30. The van der Waals surface area contributed by atoms with E-state index in [1.165, 1.54) is 20.0 Å². The molecule has 1 aliphatic carbocycles. The Labute approximate surface area is 102 Å². The van der Waals surface area contributed by atoms with Gasteiger partial charge in [-0.3, -0.25) is 9.59 Å². The van der Waals surface area contributed by atoms with Gasteiger partial charge < -0.3 is 15.0 Å². The molecule has 0 bridgehead atoms. The number of hydrogen-bond acceptors (Lipinski definition) is 4.